The molecule has 0 radical (unpaired) electrons. The third-order valence-electron chi connectivity index (χ3n) is 3.48. The first kappa shape index (κ1) is 14.5. The highest BCUT2D eigenvalue weighted by Gasteiger charge is 2.25. The van der Waals surface area contributed by atoms with Gasteiger partial charge in [0.2, 0.25) is 0 Å². The van der Waals surface area contributed by atoms with Crippen LogP contribution in [0.5, 0.6) is 0 Å². The maximum atomic E-state index is 12.2. The van der Waals surface area contributed by atoms with E-state index in [0.717, 1.165) is 17.7 Å². The molecular formula is C16H13ClN2O3. The second-order valence-electron chi connectivity index (χ2n) is 4.87. The van der Waals surface area contributed by atoms with Crippen LogP contribution in [-0.4, -0.2) is 30.0 Å². The fraction of sp³-hybridized carbons (Fsp3) is 0.188. The summed E-state index contributed by atoms with van der Waals surface area (Å²) in [7, 11) is 0. The lowest BCUT2D eigenvalue weighted by Gasteiger charge is -2.17. The molecule has 0 aliphatic carbocycles. The van der Waals surface area contributed by atoms with Crippen LogP contribution >= 0.6 is 11.6 Å². The number of fused-ring (bicyclic) bond motifs is 1. The number of benzene rings is 1. The van der Waals surface area contributed by atoms with Gasteiger partial charge >= 0.3 is 5.97 Å². The lowest BCUT2D eigenvalue weighted by atomic mass is 10.2. The third-order valence-corrected chi connectivity index (χ3v) is 3.68. The number of halogens is 1. The topological polar surface area (TPSA) is 59.5 Å². The number of para-hydroxylation sites is 1. The van der Waals surface area contributed by atoms with Crippen molar-refractivity contribution >= 4 is 29.2 Å². The van der Waals surface area contributed by atoms with Crippen LogP contribution in [0.15, 0.2) is 42.6 Å². The van der Waals surface area contributed by atoms with Crippen molar-refractivity contribution in [3.63, 3.8) is 0 Å². The van der Waals surface area contributed by atoms with Gasteiger partial charge in [0.15, 0.2) is 6.61 Å². The van der Waals surface area contributed by atoms with E-state index in [-0.39, 0.29) is 23.2 Å². The predicted octanol–water partition coefficient (Wildman–Crippen LogP) is 2.48. The Bertz CT molecular complexity index is 733. The largest absolute Gasteiger partial charge is 0.452 e. The molecule has 5 nitrogen and oxygen atoms in total. The molecule has 0 atom stereocenters. The molecule has 0 N–H and O–H groups in total. The van der Waals surface area contributed by atoms with Gasteiger partial charge in [0.1, 0.15) is 5.15 Å². The standard InChI is InChI=1S/C16H13ClN2O3/c17-14-9-12(5-7-18-14)16(21)22-10-15(20)19-8-6-11-3-1-2-4-13(11)19/h1-5,7,9H,6,8,10H2. The van der Waals surface area contributed by atoms with Crippen LogP contribution in [0.3, 0.4) is 0 Å². The van der Waals surface area contributed by atoms with E-state index in [2.05, 4.69) is 4.98 Å². The zero-order chi connectivity index (χ0) is 15.5. The molecule has 0 bridgehead atoms. The second-order valence-corrected chi connectivity index (χ2v) is 5.25. The molecule has 1 aliphatic rings. The molecule has 112 valence electrons. The summed E-state index contributed by atoms with van der Waals surface area (Å²) in [6.07, 6.45) is 2.23. The van der Waals surface area contributed by atoms with Crippen LogP contribution in [-0.2, 0) is 16.0 Å². The van der Waals surface area contributed by atoms with E-state index in [0.29, 0.717) is 6.54 Å². The van der Waals surface area contributed by atoms with Crippen molar-refractivity contribution in [3.8, 4) is 0 Å². The Kier molecular flexibility index (Phi) is 4.06. The molecule has 6 heteroatoms. The van der Waals surface area contributed by atoms with E-state index >= 15 is 0 Å². The zero-order valence-electron chi connectivity index (χ0n) is 11.7. The Morgan fingerprint density at radius 1 is 1.27 bits per heavy atom. The number of hydrogen-bond donors (Lipinski definition) is 0. The van der Waals surface area contributed by atoms with Crippen molar-refractivity contribution in [2.24, 2.45) is 0 Å². The van der Waals surface area contributed by atoms with E-state index in [1.807, 2.05) is 24.3 Å². The summed E-state index contributed by atoms with van der Waals surface area (Å²) in [5.41, 5.74) is 2.29. The fourth-order valence-corrected chi connectivity index (χ4v) is 2.59. The van der Waals surface area contributed by atoms with Crippen molar-refractivity contribution in [3.05, 3.63) is 58.9 Å². The molecule has 1 amide bonds. The summed E-state index contributed by atoms with van der Waals surface area (Å²) in [5, 5.41) is 0.203. The van der Waals surface area contributed by atoms with Gasteiger partial charge in [0, 0.05) is 18.4 Å². The van der Waals surface area contributed by atoms with Gasteiger partial charge in [-0.25, -0.2) is 9.78 Å². The molecule has 0 unspecified atom stereocenters. The molecule has 1 aromatic heterocycles. The highest BCUT2D eigenvalue weighted by molar-refractivity contribution is 6.29. The number of anilines is 1. The van der Waals surface area contributed by atoms with E-state index in [9.17, 15) is 9.59 Å². The summed E-state index contributed by atoms with van der Waals surface area (Å²) in [6, 6.07) is 10.6. The number of nitrogens with zero attached hydrogens (tertiary/aromatic N) is 2. The van der Waals surface area contributed by atoms with Crippen LogP contribution in [0.25, 0.3) is 0 Å². The first-order valence-corrected chi connectivity index (χ1v) is 7.20. The SMILES string of the molecule is O=C(OCC(=O)N1CCc2ccccc21)c1ccnc(Cl)c1. The monoisotopic (exact) mass is 316 g/mol. The minimum absolute atomic E-state index is 0.203. The van der Waals surface area contributed by atoms with E-state index in [1.54, 1.807) is 4.90 Å². The van der Waals surface area contributed by atoms with Crippen LogP contribution in [0.4, 0.5) is 5.69 Å². The molecule has 1 aromatic carbocycles. The summed E-state index contributed by atoms with van der Waals surface area (Å²) in [4.78, 5) is 29.5. The van der Waals surface area contributed by atoms with Gasteiger partial charge in [0.25, 0.3) is 5.91 Å². The molecular weight excluding hydrogens is 304 g/mol. The molecule has 0 saturated carbocycles. The number of amides is 1. The average Bonchev–Trinajstić information content (AvgIpc) is 2.96. The molecule has 0 saturated heterocycles. The van der Waals surface area contributed by atoms with Crippen molar-refractivity contribution in [2.45, 2.75) is 6.42 Å². The first-order valence-electron chi connectivity index (χ1n) is 6.82. The molecule has 2 heterocycles. The summed E-state index contributed by atoms with van der Waals surface area (Å²) in [5.74, 6) is -0.830. The fourth-order valence-electron chi connectivity index (χ4n) is 2.42. The number of pyridine rings is 1. The first-order chi connectivity index (χ1) is 10.6. The number of aromatic nitrogens is 1. The van der Waals surface area contributed by atoms with Crippen molar-refractivity contribution < 1.29 is 14.3 Å². The average molecular weight is 317 g/mol. The van der Waals surface area contributed by atoms with Gasteiger partial charge in [-0.1, -0.05) is 29.8 Å². The number of ether oxygens (including phenoxy) is 1. The lowest BCUT2D eigenvalue weighted by molar-refractivity contribution is -0.121. The van der Waals surface area contributed by atoms with Crippen LogP contribution < -0.4 is 4.90 Å². The Morgan fingerprint density at radius 3 is 2.91 bits per heavy atom. The molecule has 1 aliphatic heterocycles. The Balaban J connectivity index is 1.63. The van der Waals surface area contributed by atoms with Gasteiger partial charge in [-0.3, -0.25) is 4.79 Å². The van der Waals surface area contributed by atoms with E-state index in [4.69, 9.17) is 16.3 Å². The van der Waals surface area contributed by atoms with E-state index < -0.39 is 5.97 Å². The number of carbonyl (C=O) groups is 2. The van der Waals surface area contributed by atoms with Crippen molar-refractivity contribution in [1.82, 2.24) is 4.98 Å². The number of rotatable bonds is 3. The van der Waals surface area contributed by atoms with Crippen LogP contribution in [0, 0.1) is 0 Å². The molecule has 3 rings (SSSR count). The van der Waals surface area contributed by atoms with Gasteiger partial charge in [-0.05, 0) is 30.2 Å². The summed E-state index contributed by atoms with van der Waals surface area (Å²) in [6.45, 7) is 0.309. The zero-order valence-corrected chi connectivity index (χ0v) is 12.4. The molecule has 2 aromatic rings. The van der Waals surface area contributed by atoms with Gasteiger partial charge in [-0.15, -0.1) is 0 Å². The highest BCUT2D eigenvalue weighted by Crippen LogP contribution is 2.27. The molecule has 0 fully saturated rings. The number of hydrogen-bond acceptors (Lipinski definition) is 4. The molecule has 0 spiro atoms. The Labute approximate surface area is 132 Å². The third kappa shape index (κ3) is 2.94. The van der Waals surface area contributed by atoms with Crippen molar-refractivity contribution in [1.29, 1.82) is 0 Å². The normalized spacial score (nSPS) is 12.9. The molecule has 22 heavy (non-hydrogen) atoms. The van der Waals surface area contributed by atoms with Gasteiger partial charge in [0.05, 0.1) is 5.56 Å². The van der Waals surface area contributed by atoms with Crippen LogP contribution in [0.2, 0.25) is 5.15 Å². The minimum Gasteiger partial charge on any atom is -0.452 e. The second kappa shape index (κ2) is 6.15. The number of esters is 1. The highest BCUT2D eigenvalue weighted by atomic mass is 35.5. The van der Waals surface area contributed by atoms with Gasteiger partial charge in [-0.2, -0.15) is 0 Å². The smallest absolute Gasteiger partial charge is 0.338 e. The maximum Gasteiger partial charge on any atom is 0.338 e. The minimum atomic E-state index is -0.592. The predicted molar refractivity (Wildman–Crippen MR) is 82.0 cm³/mol. The lowest BCUT2D eigenvalue weighted by Crippen LogP contribution is -2.33. The summed E-state index contributed by atoms with van der Waals surface area (Å²) >= 11 is 5.72. The number of carbonyl (C=O) groups excluding carboxylic acids is 2. The van der Waals surface area contributed by atoms with E-state index in [1.165, 1.54) is 18.3 Å². The summed E-state index contributed by atoms with van der Waals surface area (Å²) < 4.78 is 5.06. The quantitative estimate of drug-likeness (QED) is 0.645. The van der Waals surface area contributed by atoms with Gasteiger partial charge < -0.3 is 9.64 Å². The Morgan fingerprint density at radius 2 is 2.09 bits per heavy atom. The maximum absolute atomic E-state index is 12.2. The van der Waals surface area contributed by atoms with Crippen LogP contribution in [0.1, 0.15) is 15.9 Å². The van der Waals surface area contributed by atoms with Crippen molar-refractivity contribution in [2.75, 3.05) is 18.1 Å². The Hall–Kier alpha value is -2.40.